The van der Waals surface area contributed by atoms with Crippen molar-refractivity contribution >= 4 is 35.1 Å². The molecule has 0 aliphatic carbocycles. The molecule has 1 N–H and O–H groups in total. The van der Waals surface area contributed by atoms with Gasteiger partial charge in [0.25, 0.3) is 0 Å². The third-order valence-electron chi connectivity index (χ3n) is 5.71. The number of ether oxygens (including phenoxy) is 1. The van der Waals surface area contributed by atoms with Gasteiger partial charge in [0.15, 0.2) is 5.82 Å². The van der Waals surface area contributed by atoms with Crippen LogP contribution in [-0.4, -0.2) is 65.4 Å². The van der Waals surface area contributed by atoms with E-state index in [4.69, 9.17) is 20.8 Å². The lowest BCUT2D eigenvalue weighted by atomic mass is 10.1. The Morgan fingerprint density at radius 2 is 2.12 bits per heavy atom. The van der Waals surface area contributed by atoms with E-state index in [9.17, 15) is 4.79 Å². The highest BCUT2D eigenvalue weighted by atomic mass is 35.5. The molecule has 0 spiro atoms. The Labute approximate surface area is 190 Å². The van der Waals surface area contributed by atoms with Crippen LogP contribution in [0.5, 0.6) is 5.75 Å². The molecule has 2 aliphatic rings. The summed E-state index contributed by atoms with van der Waals surface area (Å²) in [6.07, 6.45) is 7.10. The Morgan fingerprint density at radius 1 is 1.28 bits per heavy atom. The van der Waals surface area contributed by atoms with Gasteiger partial charge in [-0.05, 0) is 12.1 Å². The molecule has 3 aromatic rings. The maximum atomic E-state index is 13.1. The molecule has 4 heterocycles. The van der Waals surface area contributed by atoms with Crippen molar-refractivity contribution in [1.82, 2.24) is 19.7 Å². The minimum Gasteiger partial charge on any atom is -0.495 e. The zero-order valence-corrected chi connectivity index (χ0v) is 18.4. The molecule has 1 aromatic carbocycles. The van der Waals surface area contributed by atoms with Crippen molar-refractivity contribution in [2.75, 3.05) is 50.1 Å². The van der Waals surface area contributed by atoms with E-state index in [1.54, 1.807) is 18.0 Å². The van der Waals surface area contributed by atoms with Gasteiger partial charge in [-0.3, -0.25) is 4.79 Å². The topological polar surface area (TPSA) is 88.7 Å². The highest BCUT2D eigenvalue weighted by Crippen LogP contribution is 2.32. The molecule has 9 nitrogen and oxygen atoms in total. The smallest absolute Gasteiger partial charge is 0.245 e. The van der Waals surface area contributed by atoms with Gasteiger partial charge >= 0.3 is 0 Å². The molecule has 0 atom stereocenters. The summed E-state index contributed by atoms with van der Waals surface area (Å²) in [6, 6.07) is 5.73. The summed E-state index contributed by atoms with van der Waals surface area (Å²) in [6.45, 7) is 3.51. The molecule has 0 saturated carbocycles. The quantitative estimate of drug-likeness (QED) is 0.634. The standard InChI is InChI=1S/C22H23ClN6O3/c1-31-18-13-15(4-5-17(18)23)27-8-10-28(11-9-27)19(30)14-29-20(22-25-7-12-32-22)16-3-2-6-24-21(16)26-29/h2-5,7,12-13H,6,8-11,14H2,1H3,(H,24,26). The second-order valence-corrected chi connectivity index (χ2v) is 7.98. The van der Waals surface area contributed by atoms with Gasteiger partial charge in [0.2, 0.25) is 11.8 Å². The van der Waals surface area contributed by atoms with Crippen LogP contribution in [0.3, 0.4) is 0 Å². The van der Waals surface area contributed by atoms with E-state index in [2.05, 4.69) is 20.3 Å². The van der Waals surface area contributed by atoms with E-state index in [1.165, 1.54) is 6.26 Å². The predicted octanol–water partition coefficient (Wildman–Crippen LogP) is 2.99. The van der Waals surface area contributed by atoms with Crippen LogP contribution in [0.25, 0.3) is 17.7 Å². The molecule has 0 bridgehead atoms. The van der Waals surface area contributed by atoms with Crippen LogP contribution in [0.1, 0.15) is 5.56 Å². The van der Waals surface area contributed by atoms with E-state index in [-0.39, 0.29) is 12.5 Å². The number of benzene rings is 1. The fourth-order valence-electron chi connectivity index (χ4n) is 4.06. The zero-order chi connectivity index (χ0) is 22.1. The molecular weight excluding hydrogens is 432 g/mol. The number of anilines is 2. The van der Waals surface area contributed by atoms with Gasteiger partial charge in [0.1, 0.15) is 24.3 Å². The molecule has 32 heavy (non-hydrogen) atoms. The number of carbonyl (C=O) groups is 1. The predicted molar refractivity (Wildman–Crippen MR) is 122 cm³/mol. The van der Waals surface area contributed by atoms with E-state index in [0.717, 1.165) is 30.2 Å². The minimum absolute atomic E-state index is 0.00923. The summed E-state index contributed by atoms with van der Waals surface area (Å²) < 4.78 is 12.5. The molecule has 5 rings (SSSR count). The second kappa shape index (κ2) is 8.58. The first-order valence-electron chi connectivity index (χ1n) is 10.4. The number of aromatic nitrogens is 3. The van der Waals surface area contributed by atoms with Crippen molar-refractivity contribution in [3.05, 3.63) is 47.3 Å². The van der Waals surface area contributed by atoms with Crippen LogP contribution in [0.4, 0.5) is 11.5 Å². The number of nitrogens with zero attached hydrogens (tertiary/aromatic N) is 5. The number of methoxy groups -OCH3 is 1. The monoisotopic (exact) mass is 454 g/mol. The van der Waals surface area contributed by atoms with Crippen LogP contribution in [0.15, 0.2) is 41.2 Å². The molecule has 0 radical (unpaired) electrons. The van der Waals surface area contributed by atoms with Crippen LogP contribution in [-0.2, 0) is 11.3 Å². The number of hydrogen-bond donors (Lipinski definition) is 1. The molecule has 10 heteroatoms. The van der Waals surface area contributed by atoms with Gasteiger partial charge in [-0.25, -0.2) is 9.67 Å². The molecule has 2 aliphatic heterocycles. The SMILES string of the molecule is COc1cc(N2CCN(C(=O)Cn3nc4c(c3-c3ncco3)C=CCN4)CC2)ccc1Cl. The van der Waals surface area contributed by atoms with Gasteiger partial charge in [-0.2, -0.15) is 5.10 Å². The van der Waals surface area contributed by atoms with E-state index >= 15 is 0 Å². The van der Waals surface area contributed by atoms with Crippen molar-refractivity contribution in [2.45, 2.75) is 6.54 Å². The number of amides is 1. The van der Waals surface area contributed by atoms with Crippen LogP contribution in [0.2, 0.25) is 5.02 Å². The number of nitrogens with one attached hydrogen (secondary N) is 1. The number of piperazine rings is 1. The fraction of sp³-hybridized carbons (Fsp3) is 0.318. The van der Waals surface area contributed by atoms with Crippen LogP contribution < -0.4 is 15.0 Å². The first-order valence-corrected chi connectivity index (χ1v) is 10.8. The summed E-state index contributed by atoms with van der Waals surface area (Å²) in [4.78, 5) is 21.5. The van der Waals surface area contributed by atoms with Gasteiger partial charge in [0.05, 0.1) is 18.3 Å². The first kappa shape index (κ1) is 20.4. The lowest BCUT2D eigenvalue weighted by molar-refractivity contribution is -0.132. The Balaban J connectivity index is 1.29. The Bertz CT molecular complexity index is 1150. The van der Waals surface area contributed by atoms with E-state index in [1.807, 2.05) is 35.3 Å². The fourth-order valence-corrected chi connectivity index (χ4v) is 4.26. The van der Waals surface area contributed by atoms with Crippen molar-refractivity contribution in [2.24, 2.45) is 0 Å². The summed E-state index contributed by atoms with van der Waals surface area (Å²) in [5.41, 5.74) is 2.61. The summed E-state index contributed by atoms with van der Waals surface area (Å²) in [5.74, 6) is 1.83. The highest BCUT2D eigenvalue weighted by molar-refractivity contribution is 6.32. The highest BCUT2D eigenvalue weighted by Gasteiger charge is 2.27. The second-order valence-electron chi connectivity index (χ2n) is 7.58. The summed E-state index contributed by atoms with van der Waals surface area (Å²) in [7, 11) is 1.60. The van der Waals surface area contributed by atoms with Gasteiger partial charge in [-0.15, -0.1) is 0 Å². The molecule has 1 fully saturated rings. The van der Waals surface area contributed by atoms with Gasteiger partial charge < -0.3 is 24.3 Å². The Hall–Kier alpha value is -3.46. The number of rotatable bonds is 5. The van der Waals surface area contributed by atoms with Gasteiger partial charge in [0, 0.05) is 50.0 Å². The summed E-state index contributed by atoms with van der Waals surface area (Å²) >= 11 is 6.14. The van der Waals surface area contributed by atoms with Crippen molar-refractivity contribution in [3.8, 4) is 17.3 Å². The maximum absolute atomic E-state index is 13.1. The average Bonchev–Trinajstić information content (AvgIpc) is 3.47. The molecular formula is C22H23ClN6O3. The lowest BCUT2D eigenvalue weighted by Crippen LogP contribution is -2.49. The van der Waals surface area contributed by atoms with Crippen molar-refractivity contribution < 1.29 is 13.9 Å². The molecule has 1 amide bonds. The number of carbonyl (C=O) groups excluding carboxylic acids is 1. The number of fused-ring (bicyclic) bond motifs is 1. The number of oxazole rings is 1. The van der Waals surface area contributed by atoms with Crippen molar-refractivity contribution in [3.63, 3.8) is 0 Å². The first-order chi connectivity index (χ1) is 15.6. The molecule has 2 aromatic heterocycles. The van der Waals surface area contributed by atoms with E-state index in [0.29, 0.717) is 42.0 Å². The maximum Gasteiger partial charge on any atom is 0.245 e. The Kier molecular flexibility index (Phi) is 5.48. The molecule has 1 saturated heterocycles. The average molecular weight is 455 g/mol. The number of hydrogen-bond acceptors (Lipinski definition) is 7. The Morgan fingerprint density at radius 3 is 2.88 bits per heavy atom. The zero-order valence-electron chi connectivity index (χ0n) is 17.6. The van der Waals surface area contributed by atoms with Crippen LogP contribution >= 0.6 is 11.6 Å². The van der Waals surface area contributed by atoms with Gasteiger partial charge in [-0.1, -0.05) is 23.8 Å². The van der Waals surface area contributed by atoms with Crippen molar-refractivity contribution in [1.29, 1.82) is 0 Å². The molecule has 166 valence electrons. The molecule has 0 unspecified atom stereocenters. The van der Waals surface area contributed by atoms with E-state index < -0.39 is 0 Å². The third kappa shape index (κ3) is 3.80. The van der Waals surface area contributed by atoms with Crippen LogP contribution in [0, 0.1) is 0 Å². The number of halogens is 1. The largest absolute Gasteiger partial charge is 0.495 e. The third-order valence-corrected chi connectivity index (χ3v) is 6.03. The normalized spacial score (nSPS) is 15.4. The minimum atomic E-state index is 0.00923. The lowest BCUT2D eigenvalue weighted by Gasteiger charge is -2.36. The summed E-state index contributed by atoms with van der Waals surface area (Å²) in [5, 5.41) is 8.42.